The lowest BCUT2D eigenvalue weighted by Gasteiger charge is -2.13. The molecule has 3 unspecified atom stereocenters. The summed E-state index contributed by atoms with van der Waals surface area (Å²) in [6.07, 6.45) is -2.38. The molecule has 1 aliphatic heterocycles. The Labute approximate surface area is 193 Å². The van der Waals surface area contributed by atoms with E-state index in [9.17, 15) is 22.4 Å². The second-order valence-corrected chi connectivity index (χ2v) is 8.01. The third kappa shape index (κ3) is 3.74. The summed E-state index contributed by atoms with van der Waals surface area (Å²) in [4.78, 5) is 27.5. The molecule has 13 heteroatoms. The minimum atomic E-state index is -4.88. The molecule has 2 aliphatic rings. The van der Waals surface area contributed by atoms with Gasteiger partial charge in [-0.15, -0.1) is 0 Å². The molecule has 3 heterocycles. The van der Waals surface area contributed by atoms with E-state index in [2.05, 4.69) is 30.6 Å². The van der Waals surface area contributed by atoms with Crippen LogP contribution in [0.4, 0.5) is 28.0 Å². The number of hydrogen-bond acceptors (Lipinski definition) is 6. The number of rotatable bonds is 4. The number of hydrogen-bond donors (Lipinski definition) is 3. The quantitative estimate of drug-likeness (QED) is 0.370. The predicted molar refractivity (Wildman–Crippen MR) is 113 cm³/mol. The summed E-state index contributed by atoms with van der Waals surface area (Å²) in [6.45, 7) is 0. The third-order valence-electron chi connectivity index (χ3n) is 5.79. The van der Waals surface area contributed by atoms with Crippen molar-refractivity contribution in [2.24, 2.45) is 0 Å². The number of benzene rings is 2. The second kappa shape index (κ2) is 7.55. The van der Waals surface area contributed by atoms with Crippen LogP contribution >= 0.6 is 0 Å². The van der Waals surface area contributed by atoms with E-state index in [1.54, 1.807) is 18.2 Å². The van der Waals surface area contributed by atoms with Gasteiger partial charge in [0.15, 0.2) is 5.65 Å². The monoisotopic (exact) mass is 486 g/mol. The number of halogens is 4. The van der Waals surface area contributed by atoms with Crippen molar-refractivity contribution >= 4 is 22.9 Å². The normalized spacial score (nSPS) is 20.1. The molecule has 2 amide bonds. The van der Waals surface area contributed by atoms with Gasteiger partial charge >= 0.3 is 12.2 Å². The fourth-order valence-electron chi connectivity index (χ4n) is 4.15. The maximum Gasteiger partial charge on any atom is 0.419 e. The van der Waals surface area contributed by atoms with E-state index in [4.69, 9.17) is 9.47 Å². The molecular formula is C22H14F4N6O3. The highest BCUT2D eigenvalue weighted by Crippen LogP contribution is 2.54. The predicted octanol–water partition coefficient (Wildman–Crippen LogP) is 4.35. The van der Waals surface area contributed by atoms with Crippen molar-refractivity contribution in [3.05, 3.63) is 66.0 Å². The van der Waals surface area contributed by atoms with Crippen molar-refractivity contribution in [1.29, 1.82) is 0 Å². The van der Waals surface area contributed by atoms with Crippen molar-refractivity contribution in [3.8, 4) is 17.4 Å². The van der Waals surface area contributed by atoms with Crippen molar-refractivity contribution in [2.45, 2.75) is 24.2 Å². The minimum Gasteiger partial charge on any atom is -0.487 e. The van der Waals surface area contributed by atoms with Gasteiger partial charge in [0.25, 0.3) is 0 Å². The van der Waals surface area contributed by atoms with Gasteiger partial charge in [-0.2, -0.15) is 18.2 Å². The number of imidazole rings is 1. The van der Waals surface area contributed by atoms with Gasteiger partial charge in [0.05, 0.1) is 23.9 Å². The maximum absolute atomic E-state index is 13.5. The molecular weight excluding hydrogens is 472 g/mol. The number of aromatic amines is 1. The molecule has 3 N–H and O–H groups in total. The number of urea groups is 1. The zero-order chi connectivity index (χ0) is 24.3. The van der Waals surface area contributed by atoms with Gasteiger partial charge in [0, 0.05) is 11.3 Å². The van der Waals surface area contributed by atoms with Gasteiger partial charge in [-0.1, -0.05) is 0 Å². The van der Waals surface area contributed by atoms with Crippen LogP contribution in [0.15, 0.2) is 49.1 Å². The van der Waals surface area contributed by atoms with Crippen molar-refractivity contribution in [1.82, 2.24) is 25.3 Å². The van der Waals surface area contributed by atoms with Crippen LogP contribution in [0.2, 0.25) is 0 Å². The highest BCUT2D eigenvalue weighted by Gasteiger charge is 2.59. The smallest absolute Gasteiger partial charge is 0.419 e. The van der Waals surface area contributed by atoms with E-state index < -0.39 is 29.6 Å². The first-order valence-electron chi connectivity index (χ1n) is 10.3. The molecule has 1 saturated carbocycles. The average molecular weight is 486 g/mol. The van der Waals surface area contributed by atoms with Crippen LogP contribution in [-0.4, -0.2) is 38.1 Å². The van der Waals surface area contributed by atoms with Crippen LogP contribution in [0, 0.1) is 5.82 Å². The van der Waals surface area contributed by atoms with Gasteiger partial charge < -0.3 is 25.1 Å². The lowest BCUT2D eigenvalue weighted by molar-refractivity contribution is -0.139. The van der Waals surface area contributed by atoms with Crippen LogP contribution < -0.4 is 20.1 Å². The Balaban J connectivity index is 1.14. The van der Waals surface area contributed by atoms with Crippen LogP contribution in [-0.2, 0) is 6.18 Å². The largest absolute Gasteiger partial charge is 0.487 e. The van der Waals surface area contributed by atoms with Crippen LogP contribution in [0.1, 0.15) is 17.0 Å². The topological polar surface area (TPSA) is 114 Å². The summed E-state index contributed by atoms with van der Waals surface area (Å²) in [5.74, 6) is -0.142. The number of aromatic nitrogens is 4. The molecule has 3 atom stereocenters. The van der Waals surface area contributed by atoms with Crippen LogP contribution in [0.3, 0.4) is 0 Å². The summed E-state index contributed by atoms with van der Waals surface area (Å²) in [5, 5.41) is 4.99. The van der Waals surface area contributed by atoms with E-state index in [1.807, 2.05) is 0 Å². The minimum absolute atomic E-state index is 0.157. The lowest BCUT2D eigenvalue weighted by Crippen LogP contribution is -2.34. The molecule has 0 radical (unpaired) electrons. The van der Waals surface area contributed by atoms with E-state index in [-0.39, 0.29) is 17.7 Å². The van der Waals surface area contributed by atoms with Gasteiger partial charge in [-0.25, -0.2) is 19.2 Å². The van der Waals surface area contributed by atoms with E-state index >= 15 is 0 Å². The number of anilines is 1. The van der Waals surface area contributed by atoms with E-state index in [0.717, 1.165) is 11.6 Å². The summed E-state index contributed by atoms with van der Waals surface area (Å²) >= 11 is 0. The average Bonchev–Trinajstić information content (AvgIpc) is 3.14. The molecule has 1 fully saturated rings. The number of carbonyl (C=O) groups is 1. The molecule has 178 valence electrons. The molecule has 4 aromatic rings. The summed E-state index contributed by atoms with van der Waals surface area (Å²) < 4.78 is 63.9. The molecule has 0 bridgehead atoms. The first-order valence-corrected chi connectivity index (χ1v) is 10.3. The Kier molecular flexibility index (Phi) is 4.56. The summed E-state index contributed by atoms with van der Waals surface area (Å²) in [6, 6.07) is 6.37. The lowest BCUT2D eigenvalue weighted by atomic mass is 10.1. The third-order valence-corrected chi connectivity index (χ3v) is 5.79. The summed E-state index contributed by atoms with van der Waals surface area (Å²) in [7, 11) is 0. The van der Waals surface area contributed by atoms with Gasteiger partial charge in [0.1, 0.15) is 35.3 Å². The fourth-order valence-corrected chi connectivity index (χ4v) is 4.15. The van der Waals surface area contributed by atoms with Gasteiger partial charge in [-0.05, 0) is 36.4 Å². The van der Waals surface area contributed by atoms with Crippen molar-refractivity contribution in [3.63, 3.8) is 0 Å². The number of ether oxygens (including phenoxy) is 2. The molecule has 2 aromatic heterocycles. The first-order chi connectivity index (χ1) is 16.8. The zero-order valence-corrected chi connectivity index (χ0v) is 17.4. The Morgan fingerprint density at radius 2 is 1.97 bits per heavy atom. The SMILES string of the molecule is O=C(Nc1ccc(F)c(C(F)(F)F)c1)NC1C2Oc3ccc(Oc4ncnc5nc[nH]c45)cc3C12. The number of H-pyrrole nitrogens is 1. The van der Waals surface area contributed by atoms with Crippen molar-refractivity contribution < 1.29 is 31.8 Å². The number of alkyl halides is 3. The molecule has 35 heavy (non-hydrogen) atoms. The highest BCUT2D eigenvalue weighted by molar-refractivity contribution is 5.90. The number of nitrogens with one attached hydrogen (secondary N) is 3. The Morgan fingerprint density at radius 3 is 2.80 bits per heavy atom. The Hall–Kier alpha value is -4.42. The van der Waals surface area contributed by atoms with Gasteiger partial charge in [0.2, 0.25) is 5.88 Å². The zero-order valence-electron chi connectivity index (χ0n) is 17.4. The fraction of sp³-hybridized carbons (Fsp3) is 0.182. The summed E-state index contributed by atoms with van der Waals surface area (Å²) in [5.41, 5.74) is 0.169. The van der Waals surface area contributed by atoms with Crippen LogP contribution in [0.5, 0.6) is 17.4 Å². The number of carbonyl (C=O) groups excluding carboxylic acids is 1. The molecule has 9 nitrogen and oxygen atoms in total. The van der Waals surface area contributed by atoms with Crippen LogP contribution in [0.25, 0.3) is 11.2 Å². The second-order valence-electron chi connectivity index (χ2n) is 8.01. The maximum atomic E-state index is 13.5. The first kappa shape index (κ1) is 21.1. The molecule has 0 spiro atoms. The Morgan fingerprint density at radius 1 is 1.11 bits per heavy atom. The number of fused-ring (bicyclic) bond motifs is 4. The van der Waals surface area contributed by atoms with Crippen molar-refractivity contribution in [2.75, 3.05) is 5.32 Å². The van der Waals surface area contributed by atoms with E-state index in [1.165, 1.54) is 12.7 Å². The molecule has 1 aliphatic carbocycles. The number of amides is 2. The molecule has 0 saturated heterocycles. The number of nitrogens with zero attached hydrogens (tertiary/aromatic N) is 3. The van der Waals surface area contributed by atoms with E-state index in [0.29, 0.717) is 40.7 Å². The molecule has 2 aromatic carbocycles. The highest BCUT2D eigenvalue weighted by atomic mass is 19.4. The standard InChI is InChI=1S/C22H14F4N6O3/c23-13-3-1-9(5-12(13)22(24,25)26)31-21(33)32-16-15-11-6-10(2-4-14(11)35-18(15)16)34-20-17-19(28-7-27-17)29-8-30-20/h1-8,15-16,18H,(H2,31,32,33)(H,27,28,29,30). The Bertz CT molecular complexity index is 1470. The molecule has 6 rings (SSSR count). The van der Waals surface area contributed by atoms with Gasteiger partial charge in [-0.3, -0.25) is 0 Å².